The van der Waals surface area contributed by atoms with E-state index in [0.29, 0.717) is 16.8 Å². The average molecular weight is 353 g/mol. The van der Waals surface area contributed by atoms with E-state index in [1.54, 1.807) is 48.5 Å². The minimum absolute atomic E-state index is 0.000503. The third-order valence-corrected chi connectivity index (χ3v) is 3.54. The first-order valence-electron chi connectivity index (χ1n) is 8.50. The van der Waals surface area contributed by atoms with E-state index in [9.17, 15) is 14.4 Å². The summed E-state index contributed by atoms with van der Waals surface area (Å²) in [6.45, 7) is 3.95. The van der Waals surface area contributed by atoms with Gasteiger partial charge in [0.05, 0.1) is 11.3 Å². The maximum atomic E-state index is 12.2. The molecule has 2 aromatic carbocycles. The number of para-hydroxylation sites is 1. The highest BCUT2D eigenvalue weighted by molar-refractivity contribution is 6.04. The monoisotopic (exact) mass is 353 g/mol. The van der Waals surface area contributed by atoms with Crippen molar-refractivity contribution in [3.05, 3.63) is 65.7 Å². The molecule has 3 N–H and O–H groups in total. The van der Waals surface area contributed by atoms with Crippen molar-refractivity contribution in [3.8, 4) is 0 Å². The molecule has 6 nitrogen and oxygen atoms in total. The van der Waals surface area contributed by atoms with Crippen molar-refractivity contribution < 1.29 is 14.4 Å². The van der Waals surface area contributed by atoms with Crippen LogP contribution in [0.4, 0.5) is 5.69 Å². The van der Waals surface area contributed by atoms with Gasteiger partial charge >= 0.3 is 0 Å². The molecule has 0 heterocycles. The quantitative estimate of drug-likeness (QED) is 0.715. The van der Waals surface area contributed by atoms with Crippen LogP contribution >= 0.6 is 0 Å². The van der Waals surface area contributed by atoms with Crippen LogP contribution < -0.4 is 16.0 Å². The number of benzene rings is 2. The van der Waals surface area contributed by atoms with Crippen LogP contribution in [0.1, 0.15) is 41.0 Å². The summed E-state index contributed by atoms with van der Waals surface area (Å²) in [5.74, 6) is -0.744. The van der Waals surface area contributed by atoms with Crippen molar-refractivity contribution in [1.29, 1.82) is 0 Å². The Kier molecular flexibility index (Phi) is 6.91. The van der Waals surface area contributed by atoms with Gasteiger partial charge < -0.3 is 16.0 Å². The zero-order valence-electron chi connectivity index (χ0n) is 14.9. The first kappa shape index (κ1) is 19.2. The van der Waals surface area contributed by atoms with Crippen LogP contribution in [0.2, 0.25) is 0 Å². The topological polar surface area (TPSA) is 87.3 Å². The van der Waals surface area contributed by atoms with Gasteiger partial charge in [0, 0.05) is 24.6 Å². The highest BCUT2D eigenvalue weighted by atomic mass is 16.2. The van der Waals surface area contributed by atoms with Crippen LogP contribution in [0, 0.1) is 0 Å². The average Bonchev–Trinajstić information content (AvgIpc) is 2.62. The molecule has 0 aliphatic carbocycles. The van der Waals surface area contributed by atoms with Crippen LogP contribution in [-0.4, -0.2) is 30.3 Å². The van der Waals surface area contributed by atoms with Crippen molar-refractivity contribution in [1.82, 2.24) is 10.6 Å². The molecule has 0 saturated carbocycles. The number of hydrogen-bond donors (Lipinski definition) is 3. The van der Waals surface area contributed by atoms with Gasteiger partial charge in [-0.15, -0.1) is 0 Å². The molecule has 0 atom stereocenters. The molecule has 6 heteroatoms. The molecule has 0 aromatic heterocycles. The Labute approximate surface area is 153 Å². The van der Waals surface area contributed by atoms with Crippen molar-refractivity contribution in [2.24, 2.45) is 0 Å². The SMILES string of the molecule is CC(C)NC(=O)c1ccccc1NC(=O)CCNC(=O)c1ccccc1. The summed E-state index contributed by atoms with van der Waals surface area (Å²) < 4.78 is 0. The Morgan fingerprint density at radius 1 is 0.885 bits per heavy atom. The van der Waals surface area contributed by atoms with Gasteiger partial charge in [-0.3, -0.25) is 14.4 Å². The molecule has 3 amide bonds. The lowest BCUT2D eigenvalue weighted by Crippen LogP contribution is -2.31. The molecule has 0 saturated heterocycles. The summed E-state index contributed by atoms with van der Waals surface area (Å²) in [6.07, 6.45) is 0.110. The molecule has 0 aliphatic rings. The molecule has 2 rings (SSSR count). The van der Waals surface area contributed by atoms with Crippen molar-refractivity contribution >= 4 is 23.4 Å². The van der Waals surface area contributed by atoms with E-state index in [4.69, 9.17) is 0 Å². The fraction of sp³-hybridized carbons (Fsp3) is 0.250. The fourth-order valence-corrected chi connectivity index (χ4v) is 2.32. The largest absolute Gasteiger partial charge is 0.352 e. The van der Waals surface area contributed by atoms with Gasteiger partial charge in [-0.1, -0.05) is 30.3 Å². The molecule has 0 spiro atoms. The Hall–Kier alpha value is -3.15. The van der Waals surface area contributed by atoms with Gasteiger partial charge in [0.15, 0.2) is 0 Å². The lowest BCUT2D eigenvalue weighted by atomic mass is 10.1. The molecule has 136 valence electrons. The van der Waals surface area contributed by atoms with Crippen LogP contribution in [0.5, 0.6) is 0 Å². The lowest BCUT2D eigenvalue weighted by Gasteiger charge is -2.13. The van der Waals surface area contributed by atoms with E-state index in [0.717, 1.165) is 0 Å². The van der Waals surface area contributed by atoms with Gasteiger partial charge in [0.1, 0.15) is 0 Å². The van der Waals surface area contributed by atoms with Gasteiger partial charge in [0.25, 0.3) is 11.8 Å². The number of nitrogens with one attached hydrogen (secondary N) is 3. The summed E-state index contributed by atoms with van der Waals surface area (Å²) in [4.78, 5) is 36.3. The second kappa shape index (κ2) is 9.36. The molecular formula is C20H23N3O3. The van der Waals surface area contributed by atoms with Gasteiger partial charge in [-0.05, 0) is 38.1 Å². The molecule has 0 unspecified atom stereocenters. The normalized spacial score (nSPS) is 10.3. The molecule has 0 radical (unpaired) electrons. The fourth-order valence-electron chi connectivity index (χ4n) is 2.32. The summed E-state index contributed by atoms with van der Waals surface area (Å²) in [5.41, 5.74) is 1.40. The Morgan fingerprint density at radius 2 is 1.54 bits per heavy atom. The summed E-state index contributed by atoms with van der Waals surface area (Å²) >= 11 is 0. The Balaban J connectivity index is 1.88. The van der Waals surface area contributed by atoms with Gasteiger partial charge in [-0.2, -0.15) is 0 Å². The zero-order chi connectivity index (χ0) is 18.9. The van der Waals surface area contributed by atoms with Crippen molar-refractivity contribution in [3.63, 3.8) is 0 Å². The van der Waals surface area contributed by atoms with E-state index >= 15 is 0 Å². The van der Waals surface area contributed by atoms with E-state index in [-0.39, 0.29) is 36.7 Å². The smallest absolute Gasteiger partial charge is 0.253 e. The summed E-state index contributed by atoms with van der Waals surface area (Å²) in [7, 11) is 0. The first-order valence-corrected chi connectivity index (χ1v) is 8.50. The second-order valence-electron chi connectivity index (χ2n) is 6.09. The van der Waals surface area contributed by atoms with E-state index in [1.807, 2.05) is 19.9 Å². The highest BCUT2D eigenvalue weighted by Gasteiger charge is 2.14. The van der Waals surface area contributed by atoms with Crippen LogP contribution in [0.3, 0.4) is 0 Å². The highest BCUT2D eigenvalue weighted by Crippen LogP contribution is 2.15. The number of anilines is 1. The van der Waals surface area contributed by atoms with Crippen molar-refractivity contribution in [2.45, 2.75) is 26.3 Å². The maximum Gasteiger partial charge on any atom is 0.253 e. The third-order valence-electron chi connectivity index (χ3n) is 3.54. The van der Waals surface area contributed by atoms with Gasteiger partial charge in [0.2, 0.25) is 5.91 Å². The molecule has 26 heavy (non-hydrogen) atoms. The minimum atomic E-state index is -0.275. The molecule has 0 bridgehead atoms. The number of hydrogen-bond acceptors (Lipinski definition) is 3. The standard InChI is InChI=1S/C20H23N3O3/c1-14(2)22-20(26)16-10-6-7-11-17(16)23-18(24)12-13-21-19(25)15-8-4-3-5-9-15/h3-11,14H,12-13H2,1-2H3,(H,21,25)(H,22,26)(H,23,24). The van der Waals surface area contributed by atoms with Crippen LogP contribution in [0.15, 0.2) is 54.6 Å². The number of carbonyl (C=O) groups excluding carboxylic acids is 3. The Morgan fingerprint density at radius 3 is 2.23 bits per heavy atom. The summed E-state index contributed by atoms with van der Waals surface area (Å²) in [6, 6.07) is 15.6. The number of carbonyl (C=O) groups is 3. The van der Waals surface area contributed by atoms with Crippen molar-refractivity contribution in [2.75, 3.05) is 11.9 Å². The number of rotatable bonds is 7. The molecule has 0 aliphatic heterocycles. The summed E-state index contributed by atoms with van der Waals surface area (Å²) in [5, 5.41) is 8.23. The lowest BCUT2D eigenvalue weighted by molar-refractivity contribution is -0.116. The Bertz CT molecular complexity index is 773. The zero-order valence-corrected chi connectivity index (χ0v) is 14.9. The van der Waals surface area contributed by atoms with E-state index < -0.39 is 0 Å². The minimum Gasteiger partial charge on any atom is -0.352 e. The number of amides is 3. The maximum absolute atomic E-state index is 12.2. The van der Waals surface area contributed by atoms with Crippen LogP contribution in [0.25, 0.3) is 0 Å². The van der Waals surface area contributed by atoms with E-state index in [1.165, 1.54) is 0 Å². The van der Waals surface area contributed by atoms with Gasteiger partial charge in [-0.25, -0.2) is 0 Å². The second-order valence-corrected chi connectivity index (χ2v) is 6.09. The predicted octanol–water partition coefficient (Wildman–Crippen LogP) is 2.58. The van der Waals surface area contributed by atoms with Crippen LogP contribution in [-0.2, 0) is 4.79 Å². The predicted molar refractivity (Wildman–Crippen MR) is 101 cm³/mol. The molecular weight excluding hydrogens is 330 g/mol. The molecule has 0 fully saturated rings. The third kappa shape index (κ3) is 5.73. The molecule has 2 aromatic rings. The first-order chi connectivity index (χ1) is 12.5. The van der Waals surface area contributed by atoms with E-state index in [2.05, 4.69) is 16.0 Å².